The molecule has 80 valence electrons. The lowest BCUT2D eigenvalue weighted by atomic mass is 9.99. The van der Waals surface area contributed by atoms with Crippen LogP contribution in [-0.4, -0.2) is 24.5 Å². The second-order valence-electron chi connectivity index (χ2n) is 3.78. The average molecular weight is 205 g/mol. The lowest BCUT2D eigenvalue weighted by Crippen LogP contribution is -2.46. The maximum absolute atomic E-state index is 11.5. The van der Waals surface area contributed by atoms with E-state index in [9.17, 15) is 4.79 Å². The number of carbonyl (C=O) groups is 1. The SMILES string of the molecule is CN1C(=O)NCCC1c1ccccc1N. The highest BCUT2D eigenvalue weighted by Gasteiger charge is 2.26. The topological polar surface area (TPSA) is 58.4 Å². The van der Waals surface area contributed by atoms with Crippen LogP contribution in [0.4, 0.5) is 10.5 Å². The molecule has 1 unspecified atom stereocenters. The van der Waals surface area contributed by atoms with Gasteiger partial charge in [0.25, 0.3) is 0 Å². The Kier molecular flexibility index (Phi) is 2.49. The number of nitrogen functional groups attached to an aromatic ring is 1. The number of anilines is 1. The van der Waals surface area contributed by atoms with Crippen molar-refractivity contribution < 1.29 is 4.79 Å². The van der Waals surface area contributed by atoms with Crippen LogP contribution < -0.4 is 11.1 Å². The number of nitrogens with one attached hydrogen (secondary N) is 1. The van der Waals surface area contributed by atoms with E-state index in [0.717, 1.165) is 17.7 Å². The molecule has 15 heavy (non-hydrogen) atoms. The van der Waals surface area contributed by atoms with E-state index in [-0.39, 0.29) is 12.1 Å². The Morgan fingerprint density at radius 1 is 1.47 bits per heavy atom. The predicted octanol–water partition coefficient (Wildman–Crippen LogP) is 1.36. The smallest absolute Gasteiger partial charge is 0.317 e. The maximum atomic E-state index is 11.5. The summed E-state index contributed by atoms with van der Waals surface area (Å²) in [6, 6.07) is 7.77. The molecule has 0 bridgehead atoms. The Hall–Kier alpha value is -1.71. The molecule has 0 aliphatic carbocycles. The number of carbonyl (C=O) groups excluding carboxylic acids is 1. The molecule has 2 amide bonds. The predicted molar refractivity (Wildman–Crippen MR) is 59.4 cm³/mol. The zero-order valence-corrected chi connectivity index (χ0v) is 8.73. The molecule has 1 aromatic rings. The summed E-state index contributed by atoms with van der Waals surface area (Å²) in [5.74, 6) is 0. The number of para-hydroxylation sites is 1. The van der Waals surface area contributed by atoms with Gasteiger partial charge in [0.1, 0.15) is 0 Å². The van der Waals surface area contributed by atoms with Crippen molar-refractivity contribution in [2.45, 2.75) is 12.5 Å². The molecule has 1 aliphatic rings. The molecule has 1 fully saturated rings. The molecule has 0 spiro atoms. The van der Waals surface area contributed by atoms with Gasteiger partial charge in [-0.15, -0.1) is 0 Å². The van der Waals surface area contributed by atoms with Crippen molar-refractivity contribution in [1.82, 2.24) is 10.2 Å². The van der Waals surface area contributed by atoms with Gasteiger partial charge < -0.3 is 16.0 Å². The summed E-state index contributed by atoms with van der Waals surface area (Å²) in [6.07, 6.45) is 0.899. The Balaban J connectivity index is 2.30. The highest BCUT2D eigenvalue weighted by molar-refractivity contribution is 5.75. The Morgan fingerprint density at radius 2 is 2.20 bits per heavy atom. The first-order chi connectivity index (χ1) is 7.20. The number of urea groups is 1. The third-order valence-electron chi connectivity index (χ3n) is 2.84. The zero-order valence-electron chi connectivity index (χ0n) is 8.73. The largest absolute Gasteiger partial charge is 0.398 e. The number of nitrogens with zero attached hydrogens (tertiary/aromatic N) is 1. The number of rotatable bonds is 1. The number of benzene rings is 1. The van der Waals surface area contributed by atoms with Crippen molar-refractivity contribution in [2.24, 2.45) is 0 Å². The highest BCUT2D eigenvalue weighted by atomic mass is 16.2. The molecule has 1 saturated heterocycles. The first kappa shape index (κ1) is 9.83. The standard InChI is InChI=1S/C11H15N3O/c1-14-10(6-7-13-11(14)15)8-4-2-3-5-9(8)12/h2-5,10H,6-7,12H2,1H3,(H,13,15). The molecule has 0 aromatic heterocycles. The van der Waals surface area contributed by atoms with Crippen LogP contribution in [0.3, 0.4) is 0 Å². The van der Waals surface area contributed by atoms with Gasteiger partial charge in [-0.1, -0.05) is 18.2 Å². The van der Waals surface area contributed by atoms with Crippen molar-refractivity contribution in [3.05, 3.63) is 29.8 Å². The van der Waals surface area contributed by atoms with Gasteiger partial charge in [-0.3, -0.25) is 0 Å². The summed E-state index contributed by atoms with van der Waals surface area (Å²) in [7, 11) is 1.80. The summed E-state index contributed by atoms with van der Waals surface area (Å²) >= 11 is 0. The van der Waals surface area contributed by atoms with Gasteiger partial charge in [-0.2, -0.15) is 0 Å². The number of hydrogen-bond donors (Lipinski definition) is 2. The molecule has 0 saturated carbocycles. The average Bonchev–Trinajstić information content (AvgIpc) is 2.23. The Bertz CT molecular complexity index is 378. The molecule has 4 heteroatoms. The van der Waals surface area contributed by atoms with Gasteiger partial charge in [0.2, 0.25) is 0 Å². The first-order valence-electron chi connectivity index (χ1n) is 5.05. The summed E-state index contributed by atoms with van der Waals surface area (Å²) in [4.78, 5) is 13.2. The van der Waals surface area contributed by atoms with Gasteiger partial charge >= 0.3 is 6.03 Å². The van der Waals surface area contributed by atoms with E-state index in [1.54, 1.807) is 11.9 Å². The molecule has 1 heterocycles. The summed E-state index contributed by atoms with van der Waals surface area (Å²) < 4.78 is 0. The van der Waals surface area contributed by atoms with Crippen LogP contribution >= 0.6 is 0 Å². The molecule has 0 radical (unpaired) electrons. The van der Waals surface area contributed by atoms with Crippen molar-refractivity contribution >= 4 is 11.7 Å². The minimum atomic E-state index is -0.0329. The highest BCUT2D eigenvalue weighted by Crippen LogP contribution is 2.29. The normalized spacial score (nSPS) is 21.3. The Labute approximate surface area is 89.1 Å². The van der Waals surface area contributed by atoms with Crippen LogP contribution in [0.5, 0.6) is 0 Å². The number of hydrogen-bond acceptors (Lipinski definition) is 2. The first-order valence-corrected chi connectivity index (χ1v) is 5.05. The summed E-state index contributed by atoms with van der Waals surface area (Å²) in [5, 5.41) is 2.80. The quantitative estimate of drug-likeness (QED) is 0.680. The number of amides is 2. The van der Waals surface area contributed by atoms with Crippen molar-refractivity contribution in [2.75, 3.05) is 19.3 Å². The van der Waals surface area contributed by atoms with E-state index in [1.807, 2.05) is 24.3 Å². The molecular weight excluding hydrogens is 190 g/mol. The van der Waals surface area contributed by atoms with Crippen LogP contribution in [0, 0.1) is 0 Å². The monoisotopic (exact) mass is 205 g/mol. The van der Waals surface area contributed by atoms with Crippen molar-refractivity contribution in [3.8, 4) is 0 Å². The maximum Gasteiger partial charge on any atom is 0.317 e. The summed E-state index contributed by atoms with van der Waals surface area (Å²) in [6.45, 7) is 0.710. The van der Waals surface area contributed by atoms with Gasteiger partial charge in [0.05, 0.1) is 6.04 Å². The van der Waals surface area contributed by atoms with E-state index >= 15 is 0 Å². The molecule has 4 nitrogen and oxygen atoms in total. The minimum absolute atomic E-state index is 0.0329. The molecule has 2 rings (SSSR count). The van der Waals surface area contributed by atoms with Gasteiger partial charge in [-0.05, 0) is 18.1 Å². The van der Waals surface area contributed by atoms with E-state index in [4.69, 9.17) is 5.73 Å². The van der Waals surface area contributed by atoms with Crippen LogP contribution in [0.1, 0.15) is 18.0 Å². The van der Waals surface area contributed by atoms with E-state index in [0.29, 0.717) is 6.54 Å². The van der Waals surface area contributed by atoms with Crippen molar-refractivity contribution in [1.29, 1.82) is 0 Å². The van der Waals surface area contributed by atoms with E-state index < -0.39 is 0 Å². The van der Waals surface area contributed by atoms with Crippen molar-refractivity contribution in [3.63, 3.8) is 0 Å². The van der Waals surface area contributed by atoms with Crippen LogP contribution in [0.15, 0.2) is 24.3 Å². The van der Waals surface area contributed by atoms with Gasteiger partial charge in [0.15, 0.2) is 0 Å². The third-order valence-corrected chi connectivity index (χ3v) is 2.84. The summed E-state index contributed by atoms with van der Waals surface area (Å²) in [5.41, 5.74) is 7.69. The third kappa shape index (κ3) is 1.75. The fraction of sp³-hybridized carbons (Fsp3) is 0.364. The molecular formula is C11H15N3O. The van der Waals surface area contributed by atoms with Crippen LogP contribution in [0.2, 0.25) is 0 Å². The molecule has 1 atom stereocenters. The fourth-order valence-corrected chi connectivity index (χ4v) is 1.95. The molecule has 1 aromatic carbocycles. The second kappa shape index (κ2) is 3.81. The van der Waals surface area contributed by atoms with Gasteiger partial charge in [-0.25, -0.2) is 4.79 Å². The van der Waals surface area contributed by atoms with Crippen LogP contribution in [0.25, 0.3) is 0 Å². The van der Waals surface area contributed by atoms with Crippen LogP contribution in [-0.2, 0) is 0 Å². The number of nitrogens with two attached hydrogens (primary N) is 1. The van der Waals surface area contributed by atoms with Gasteiger partial charge in [0, 0.05) is 19.3 Å². The van der Waals surface area contributed by atoms with E-state index in [1.165, 1.54) is 0 Å². The zero-order chi connectivity index (χ0) is 10.8. The molecule has 3 N–H and O–H groups in total. The lowest BCUT2D eigenvalue weighted by molar-refractivity contribution is 0.172. The fourth-order valence-electron chi connectivity index (χ4n) is 1.95. The second-order valence-corrected chi connectivity index (χ2v) is 3.78. The Morgan fingerprint density at radius 3 is 2.93 bits per heavy atom. The lowest BCUT2D eigenvalue weighted by Gasteiger charge is -2.33. The van der Waals surface area contributed by atoms with E-state index in [2.05, 4.69) is 5.32 Å². The molecule has 1 aliphatic heterocycles. The minimum Gasteiger partial charge on any atom is -0.398 e.